The maximum absolute atomic E-state index is 12.5. The van der Waals surface area contributed by atoms with E-state index < -0.39 is 15.6 Å². The van der Waals surface area contributed by atoms with Crippen LogP contribution in [0.15, 0.2) is 29.2 Å². The normalized spacial score (nSPS) is 20.6. The topological polar surface area (TPSA) is 63.4 Å². The minimum Gasteiger partial charge on any atom is -0.367 e. The molecule has 2 N–H and O–H groups in total. The van der Waals surface area contributed by atoms with E-state index in [9.17, 15) is 17.2 Å². The van der Waals surface area contributed by atoms with Crippen LogP contribution in [-0.4, -0.2) is 33.3 Å². The molecule has 0 amide bonds. The van der Waals surface area contributed by atoms with Crippen molar-refractivity contribution in [1.29, 1.82) is 0 Å². The number of hydrogen-bond acceptors (Lipinski definition) is 4. The van der Waals surface area contributed by atoms with Crippen molar-refractivity contribution in [2.24, 2.45) is 5.73 Å². The van der Waals surface area contributed by atoms with Crippen molar-refractivity contribution >= 4 is 15.5 Å². The van der Waals surface area contributed by atoms with E-state index in [-0.39, 0.29) is 10.9 Å². The Morgan fingerprint density at radius 3 is 2.43 bits per heavy atom. The fraction of sp³-hybridized carbons (Fsp3) is 0.571. The second-order valence-electron chi connectivity index (χ2n) is 5.23. The van der Waals surface area contributed by atoms with Gasteiger partial charge in [0.2, 0.25) is 9.84 Å². The van der Waals surface area contributed by atoms with Gasteiger partial charge in [0.05, 0.1) is 4.90 Å². The number of nitrogens with zero attached hydrogens (tertiary/aromatic N) is 1. The summed E-state index contributed by atoms with van der Waals surface area (Å²) in [4.78, 5) is 1.80. The average molecular weight is 318 g/mol. The van der Waals surface area contributed by atoms with E-state index in [0.717, 1.165) is 37.9 Å². The Labute approximate surface area is 123 Å². The van der Waals surface area contributed by atoms with Gasteiger partial charge in [-0.05, 0) is 37.1 Å². The molecule has 118 valence electrons. The molecule has 1 aliphatic heterocycles. The van der Waals surface area contributed by atoms with Gasteiger partial charge < -0.3 is 10.6 Å². The highest BCUT2D eigenvalue weighted by atomic mass is 32.2. The largest absolute Gasteiger partial charge is 0.367 e. The molecule has 0 spiro atoms. The summed E-state index contributed by atoms with van der Waals surface area (Å²) in [7, 11) is -4.53. The van der Waals surface area contributed by atoms with Crippen LogP contribution in [0.2, 0.25) is 0 Å². The summed E-state index contributed by atoms with van der Waals surface area (Å²) >= 11 is 0. The van der Waals surface area contributed by atoms with Crippen molar-refractivity contribution in [3.05, 3.63) is 24.3 Å². The number of alkyl halides is 2. The van der Waals surface area contributed by atoms with E-state index in [0.29, 0.717) is 6.54 Å². The van der Waals surface area contributed by atoms with Gasteiger partial charge in [-0.2, -0.15) is 8.78 Å². The Hall–Kier alpha value is -1.21. The number of nitrogens with two attached hydrogens (primary N) is 1. The van der Waals surface area contributed by atoms with E-state index in [2.05, 4.69) is 4.90 Å². The average Bonchev–Trinajstić information content (AvgIpc) is 2.72. The lowest BCUT2D eigenvalue weighted by atomic mass is 10.1. The van der Waals surface area contributed by atoms with Crippen LogP contribution in [0.3, 0.4) is 0 Å². The Morgan fingerprint density at radius 1 is 1.19 bits per heavy atom. The zero-order chi connectivity index (χ0) is 15.5. The smallest absolute Gasteiger partial charge is 0.341 e. The second kappa shape index (κ2) is 6.70. The molecule has 0 aromatic heterocycles. The van der Waals surface area contributed by atoms with E-state index in [1.54, 1.807) is 12.1 Å². The molecule has 1 atom stereocenters. The maximum Gasteiger partial charge on any atom is 0.341 e. The Balaban J connectivity index is 2.25. The summed E-state index contributed by atoms with van der Waals surface area (Å²) in [5, 5.41) is 0. The van der Waals surface area contributed by atoms with Gasteiger partial charge in [0, 0.05) is 24.8 Å². The first kappa shape index (κ1) is 16.2. The highest BCUT2D eigenvalue weighted by Gasteiger charge is 2.27. The highest BCUT2D eigenvalue weighted by Crippen LogP contribution is 2.26. The third-order valence-electron chi connectivity index (χ3n) is 3.88. The molecule has 1 heterocycles. The van der Waals surface area contributed by atoms with Gasteiger partial charge in [0.1, 0.15) is 0 Å². The summed E-state index contributed by atoms with van der Waals surface area (Å²) in [6, 6.07) is 5.88. The number of hydrogen-bond donors (Lipinski definition) is 1. The van der Waals surface area contributed by atoms with Gasteiger partial charge in [-0.1, -0.05) is 12.8 Å². The molecule has 1 aromatic rings. The zero-order valence-electron chi connectivity index (χ0n) is 11.7. The number of rotatable bonds is 4. The van der Waals surface area contributed by atoms with Crippen LogP contribution in [-0.2, 0) is 9.84 Å². The quantitative estimate of drug-likeness (QED) is 0.926. The molecule has 1 unspecified atom stereocenters. The molecule has 7 heteroatoms. The Kier molecular flexibility index (Phi) is 5.16. The monoisotopic (exact) mass is 318 g/mol. The molecule has 0 saturated carbocycles. The van der Waals surface area contributed by atoms with Crippen LogP contribution in [0.1, 0.15) is 25.7 Å². The minimum atomic E-state index is -4.53. The molecular formula is C14H20F2N2O2S. The van der Waals surface area contributed by atoms with Crippen molar-refractivity contribution in [2.75, 3.05) is 18.0 Å². The lowest BCUT2D eigenvalue weighted by molar-refractivity contribution is 0.234. The summed E-state index contributed by atoms with van der Waals surface area (Å²) < 4.78 is 47.8. The molecule has 1 aromatic carbocycles. The first-order valence-corrected chi connectivity index (χ1v) is 8.60. The van der Waals surface area contributed by atoms with Gasteiger partial charge in [-0.3, -0.25) is 0 Å². The van der Waals surface area contributed by atoms with Gasteiger partial charge >= 0.3 is 5.76 Å². The molecule has 1 fully saturated rings. The number of sulfone groups is 1. The fourth-order valence-corrected chi connectivity index (χ4v) is 3.41. The van der Waals surface area contributed by atoms with Crippen LogP contribution in [0.4, 0.5) is 14.5 Å². The lowest BCUT2D eigenvalue weighted by Crippen LogP contribution is -2.40. The van der Waals surface area contributed by atoms with Crippen molar-refractivity contribution in [2.45, 2.75) is 42.4 Å². The number of benzene rings is 1. The highest BCUT2D eigenvalue weighted by molar-refractivity contribution is 7.91. The summed E-state index contributed by atoms with van der Waals surface area (Å²) in [6.45, 7) is 1.37. The molecule has 1 saturated heterocycles. The van der Waals surface area contributed by atoms with Crippen LogP contribution < -0.4 is 10.6 Å². The predicted molar refractivity (Wildman–Crippen MR) is 78.3 cm³/mol. The summed E-state index contributed by atoms with van der Waals surface area (Å²) in [5.41, 5.74) is 6.64. The summed E-state index contributed by atoms with van der Waals surface area (Å²) in [6.07, 6.45) is 4.31. The number of halogens is 2. The second-order valence-corrected chi connectivity index (χ2v) is 7.15. The number of anilines is 1. The first-order valence-electron chi connectivity index (χ1n) is 7.05. The summed E-state index contributed by atoms with van der Waals surface area (Å²) in [5.74, 6) is -3.39. The van der Waals surface area contributed by atoms with Crippen molar-refractivity contribution in [1.82, 2.24) is 0 Å². The zero-order valence-corrected chi connectivity index (χ0v) is 12.5. The molecule has 0 aliphatic carbocycles. The molecule has 0 bridgehead atoms. The maximum atomic E-state index is 12.5. The predicted octanol–water partition coefficient (Wildman–Crippen LogP) is 2.39. The van der Waals surface area contributed by atoms with Gasteiger partial charge in [-0.25, -0.2) is 8.42 Å². The third-order valence-corrected chi connectivity index (χ3v) is 5.28. The Morgan fingerprint density at radius 2 is 1.86 bits per heavy atom. The van der Waals surface area contributed by atoms with E-state index in [1.807, 2.05) is 0 Å². The molecule has 2 rings (SSSR count). The third kappa shape index (κ3) is 3.52. The van der Waals surface area contributed by atoms with Gasteiger partial charge in [0.15, 0.2) is 0 Å². The van der Waals surface area contributed by atoms with Crippen molar-refractivity contribution < 1.29 is 17.2 Å². The van der Waals surface area contributed by atoms with Crippen molar-refractivity contribution in [3.63, 3.8) is 0 Å². The minimum absolute atomic E-state index is 0.213. The van der Waals surface area contributed by atoms with Crippen LogP contribution in [0, 0.1) is 0 Å². The van der Waals surface area contributed by atoms with Crippen molar-refractivity contribution in [3.8, 4) is 0 Å². The van der Waals surface area contributed by atoms with E-state index in [4.69, 9.17) is 5.73 Å². The van der Waals surface area contributed by atoms with Gasteiger partial charge in [-0.15, -0.1) is 0 Å². The van der Waals surface area contributed by atoms with Crippen LogP contribution in [0.25, 0.3) is 0 Å². The molecule has 0 radical (unpaired) electrons. The van der Waals surface area contributed by atoms with E-state index in [1.165, 1.54) is 12.1 Å². The van der Waals surface area contributed by atoms with Crippen LogP contribution >= 0.6 is 0 Å². The molecule has 21 heavy (non-hydrogen) atoms. The van der Waals surface area contributed by atoms with Crippen LogP contribution in [0.5, 0.6) is 0 Å². The molecule has 1 aliphatic rings. The first-order chi connectivity index (χ1) is 9.96. The van der Waals surface area contributed by atoms with E-state index >= 15 is 0 Å². The lowest BCUT2D eigenvalue weighted by Gasteiger charge is -2.31. The molecule has 4 nitrogen and oxygen atoms in total. The fourth-order valence-electron chi connectivity index (χ4n) is 2.69. The Bertz CT molecular complexity index is 561. The standard InChI is InChI=1S/C14H20F2N2O2S/c15-14(16)21(19,20)13-7-5-11(6-8-13)18-9-3-1-2-4-12(18)10-17/h5-8,12,14H,1-4,9-10,17H2. The van der Waals surface area contributed by atoms with Gasteiger partial charge in [0.25, 0.3) is 0 Å². The molecular weight excluding hydrogens is 298 g/mol. The SMILES string of the molecule is NCC1CCCCCN1c1ccc(S(=O)(=O)C(F)F)cc1.